The first kappa shape index (κ1) is 12.2. The maximum atomic E-state index is 2.20. The van der Waals surface area contributed by atoms with E-state index in [4.69, 9.17) is 0 Å². The van der Waals surface area contributed by atoms with Crippen molar-refractivity contribution in [1.29, 1.82) is 0 Å². The summed E-state index contributed by atoms with van der Waals surface area (Å²) in [6.07, 6.45) is 0. The second kappa shape index (κ2) is 5.79. The van der Waals surface area contributed by atoms with Gasteiger partial charge in [-0.3, -0.25) is 5.32 Å². The van der Waals surface area contributed by atoms with Gasteiger partial charge in [0.2, 0.25) is 0 Å². The zero-order chi connectivity index (χ0) is 8.97. The maximum Gasteiger partial charge on any atom is 0.134 e. The van der Waals surface area contributed by atoms with Gasteiger partial charge in [0.05, 0.1) is 0 Å². The van der Waals surface area contributed by atoms with Gasteiger partial charge in [0.25, 0.3) is 0 Å². The fourth-order valence-electron chi connectivity index (χ4n) is 0.944. The van der Waals surface area contributed by atoms with Gasteiger partial charge in [-0.25, -0.2) is 0 Å². The van der Waals surface area contributed by atoms with Crippen molar-refractivity contribution in [3.63, 3.8) is 0 Å². The van der Waals surface area contributed by atoms with Gasteiger partial charge < -0.3 is 12.4 Å². The van der Waals surface area contributed by atoms with Gasteiger partial charge in [0.15, 0.2) is 0 Å². The van der Waals surface area contributed by atoms with E-state index >= 15 is 0 Å². The van der Waals surface area contributed by atoms with Crippen LogP contribution in [-0.4, -0.2) is 0 Å². The van der Waals surface area contributed by atoms with Crippen molar-refractivity contribution in [3.8, 4) is 0 Å². The second-order valence-corrected chi connectivity index (χ2v) is 3.24. The van der Waals surface area contributed by atoms with Crippen LogP contribution in [0.1, 0.15) is 20.8 Å². The minimum absolute atomic E-state index is 0. The molecule has 0 bridgehead atoms. The Morgan fingerprint density at radius 1 is 1.00 bits per heavy atom. The molecule has 0 amide bonds. The fourth-order valence-corrected chi connectivity index (χ4v) is 0.944. The lowest BCUT2D eigenvalue weighted by molar-refractivity contribution is -0.518. The Morgan fingerprint density at radius 3 is 2.00 bits per heavy atom. The molecule has 72 valence electrons. The Hall–Kier alpha value is -0.790. The van der Waals surface area contributed by atoms with E-state index in [0.717, 1.165) is 0 Å². The normalized spacial score (nSPS) is 8.85. The summed E-state index contributed by atoms with van der Waals surface area (Å²) >= 11 is 0. The van der Waals surface area contributed by atoms with Crippen molar-refractivity contribution < 1.29 is 17.7 Å². The Bertz CT molecular complexity index is 273. The monoisotopic (exact) mass is 197 g/mol. The molecule has 0 heterocycles. The largest absolute Gasteiger partial charge is 1.00 e. The molecule has 0 unspecified atom stereocenters. The first-order chi connectivity index (χ1) is 5.70. The van der Waals surface area contributed by atoms with Gasteiger partial charge in [0.1, 0.15) is 11.4 Å². The van der Waals surface area contributed by atoms with E-state index in [9.17, 15) is 0 Å². The van der Waals surface area contributed by atoms with Crippen molar-refractivity contribution in [2.45, 2.75) is 20.8 Å². The molecular weight excluding hydrogens is 182 g/mol. The third-order valence-electron chi connectivity index (χ3n) is 1.97. The predicted octanol–water partition coefficient (Wildman–Crippen LogP) is -0.801. The van der Waals surface area contributed by atoms with Gasteiger partial charge in [-0.15, -0.1) is 0 Å². The van der Waals surface area contributed by atoms with E-state index in [-0.39, 0.29) is 12.4 Å². The van der Waals surface area contributed by atoms with Crippen LogP contribution in [0.2, 0.25) is 0 Å². The highest BCUT2D eigenvalue weighted by Crippen LogP contribution is 1.99. The van der Waals surface area contributed by atoms with E-state index < -0.39 is 0 Å². The standard InChI is InChI=1S/C11H15N.ClH/c1-9(2)10(3)12-11-7-5-4-6-8-11;/h4-8,12H,1-3H3;1H. The second-order valence-electron chi connectivity index (χ2n) is 3.24. The molecule has 1 nitrogen and oxygen atoms in total. The van der Waals surface area contributed by atoms with Crippen LogP contribution in [0.3, 0.4) is 0 Å². The zero-order valence-corrected chi connectivity index (χ0v) is 9.10. The van der Waals surface area contributed by atoms with Crippen LogP contribution < -0.4 is 17.7 Å². The average Bonchev–Trinajstić information content (AvgIpc) is 2.06. The van der Waals surface area contributed by atoms with Gasteiger partial charge in [-0.1, -0.05) is 18.2 Å². The molecule has 0 radical (unpaired) electrons. The van der Waals surface area contributed by atoms with E-state index in [0.29, 0.717) is 0 Å². The molecule has 1 rings (SSSR count). The first-order valence-corrected chi connectivity index (χ1v) is 4.24. The molecule has 2 heteroatoms. The molecule has 13 heavy (non-hydrogen) atoms. The average molecular weight is 198 g/mol. The lowest BCUT2D eigenvalue weighted by Gasteiger charge is -2.00. The first-order valence-electron chi connectivity index (χ1n) is 4.24. The van der Waals surface area contributed by atoms with Crippen molar-refractivity contribution in [2.24, 2.45) is 0 Å². The Kier molecular flexibility index (Phi) is 5.44. The molecule has 0 fully saturated rings. The summed E-state index contributed by atoms with van der Waals surface area (Å²) in [7, 11) is 0. The quantitative estimate of drug-likeness (QED) is 0.598. The molecule has 0 aliphatic heterocycles. The molecule has 2 N–H and O–H groups in total. The predicted molar refractivity (Wildman–Crippen MR) is 52.1 cm³/mol. The number of rotatable bonds is 2. The lowest BCUT2D eigenvalue weighted by Crippen LogP contribution is -3.00. The Labute approximate surface area is 86.3 Å². The third kappa shape index (κ3) is 4.11. The SMILES string of the molecule is CC(C)=C(C)[NH2+]c1ccccc1.[Cl-]. The van der Waals surface area contributed by atoms with Gasteiger partial charge in [0, 0.05) is 6.92 Å². The highest BCUT2D eigenvalue weighted by Gasteiger charge is 1.97. The molecule has 0 saturated heterocycles. The van der Waals surface area contributed by atoms with Crippen molar-refractivity contribution in [1.82, 2.24) is 0 Å². The molecular formula is C11H16ClN. The zero-order valence-electron chi connectivity index (χ0n) is 8.34. The molecule has 0 aliphatic carbocycles. The van der Waals surface area contributed by atoms with E-state index in [2.05, 4.69) is 50.4 Å². The maximum absolute atomic E-state index is 2.20. The molecule has 1 aromatic carbocycles. The smallest absolute Gasteiger partial charge is 0.134 e. The summed E-state index contributed by atoms with van der Waals surface area (Å²) in [4.78, 5) is 0. The van der Waals surface area contributed by atoms with E-state index in [1.165, 1.54) is 17.0 Å². The molecule has 0 atom stereocenters. The van der Waals surface area contributed by atoms with Crippen LogP contribution in [0, 0.1) is 0 Å². The minimum Gasteiger partial charge on any atom is -1.00 e. The van der Waals surface area contributed by atoms with Crippen LogP contribution >= 0.6 is 0 Å². The molecule has 1 aromatic rings. The Morgan fingerprint density at radius 2 is 1.54 bits per heavy atom. The summed E-state index contributed by atoms with van der Waals surface area (Å²) in [6, 6.07) is 10.4. The van der Waals surface area contributed by atoms with Crippen LogP contribution in [0.15, 0.2) is 41.6 Å². The summed E-state index contributed by atoms with van der Waals surface area (Å²) in [5, 5.41) is 2.20. The summed E-state index contributed by atoms with van der Waals surface area (Å²) in [5.41, 5.74) is 4.00. The topological polar surface area (TPSA) is 16.6 Å². The van der Waals surface area contributed by atoms with Crippen LogP contribution in [0.25, 0.3) is 0 Å². The number of quaternary nitrogens is 1. The Balaban J connectivity index is 0.00000144. The highest BCUT2D eigenvalue weighted by molar-refractivity contribution is 5.28. The van der Waals surface area contributed by atoms with Crippen LogP contribution in [0.4, 0.5) is 5.69 Å². The molecule has 0 aromatic heterocycles. The van der Waals surface area contributed by atoms with Crippen LogP contribution in [0.5, 0.6) is 0 Å². The number of para-hydroxylation sites is 1. The van der Waals surface area contributed by atoms with Gasteiger partial charge in [-0.2, -0.15) is 0 Å². The molecule has 0 saturated carbocycles. The van der Waals surface area contributed by atoms with Crippen molar-refractivity contribution in [3.05, 3.63) is 41.6 Å². The summed E-state index contributed by atoms with van der Waals surface area (Å²) in [6.45, 7) is 6.41. The number of hydrogen-bond acceptors (Lipinski definition) is 0. The number of nitrogens with two attached hydrogens (primary N) is 1. The summed E-state index contributed by atoms with van der Waals surface area (Å²) < 4.78 is 0. The highest BCUT2D eigenvalue weighted by atomic mass is 35.5. The number of halogens is 1. The van der Waals surface area contributed by atoms with Crippen molar-refractivity contribution in [2.75, 3.05) is 0 Å². The number of allylic oxidation sites excluding steroid dienone is 2. The fraction of sp³-hybridized carbons (Fsp3) is 0.273. The van der Waals surface area contributed by atoms with E-state index in [1.807, 2.05) is 6.07 Å². The number of hydrogen-bond donors (Lipinski definition) is 1. The number of benzene rings is 1. The molecule has 0 spiro atoms. The van der Waals surface area contributed by atoms with Crippen molar-refractivity contribution >= 4 is 5.69 Å². The van der Waals surface area contributed by atoms with E-state index in [1.54, 1.807) is 0 Å². The lowest BCUT2D eigenvalue weighted by atomic mass is 10.2. The third-order valence-corrected chi connectivity index (χ3v) is 1.97. The van der Waals surface area contributed by atoms with Crippen LogP contribution in [-0.2, 0) is 0 Å². The minimum atomic E-state index is 0. The summed E-state index contributed by atoms with van der Waals surface area (Å²) in [5.74, 6) is 0. The van der Waals surface area contributed by atoms with Gasteiger partial charge in [-0.05, 0) is 31.6 Å². The van der Waals surface area contributed by atoms with Gasteiger partial charge >= 0.3 is 0 Å². The molecule has 0 aliphatic rings.